The highest BCUT2D eigenvalue weighted by Gasteiger charge is 2.01. The van der Waals surface area contributed by atoms with Gasteiger partial charge >= 0.3 is 0 Å². The van der Waals surface area contributed by atoms with Gasteiger partial charge in [-0.1, -0.05) is 41.1 Å². The number of rotatable bonds is 3. The van der Waals surface area contributed by atoms with Crippen molar-refractivity contribution < 1.29 is 4.74 Å². The minimum atomic E-state index is 0.329. The van der Waals surface area contributed by atoms with Gasteiger partial charge in [-0.2, -0.15) is 0 Å². The predicted molar refractivity (Wildman–Crippen MR) is 84.8 cm³/mol. The van der Waals surface area contributed by atoms with Crippen LogP contribution in [0.2, 0.25) is 10.0 Å². The van der Waals surface area contributed by atoms with Crippen LogP contribution in [0.25, 0.3) is 0 Å². The Morgan fingerprint density at radius 2 is 1.70 bits per heavy atom. The molecule has 0 spiro atoms. The number of hydrogen-bond acceptors (Lipinski definition) is 1. The van der Waals surface area contributed by atoms with Crippen LogP contribution in [0.3, 0.4) is 0 Å². The van der Waals surface area contributed by atoms with Gasteiger partial charge in [0.1, 0.15) is 12.4 Å². The van der Waals surface area contributed by atoms with Gasteiger partial charge in [0.15, 0.2) is 0 Å². The van der Waals surface area contributed by atoms with Crippen molar-refractivity contribution in [3.63, 3.8) is 0 Å². The summed E-state index contributed by atoms with van der Waals surface area (Å²) in [6, 6.07) is 13.0. The van der Waals surface area contributed by atoms with E-state index in [1.165, 1.54) is 0 Å². The highest BCUT2D eigenvalue weighted by Crippen LogP contribution is 2.23. The van der Waals surface area contributed by atoms with Crippen molar-refractivity contribution in [2.45, 2.75) is 6.61 Å². The summed E-state index contributed by atoms with van der Waals surface area (Å²) < 4.78 is 5.67. The average Bonchev–Trinajstić information content (AvgIpc) is 2.47. The summed E-state index contributed by atoms with van der Waals surface area (Å²) in [5.74, 6) is 6.84. The van der Waals surface area contributed by atoms with Crippen molar-refractivity contribution in [3.8, 4) is 17.6 Å². The van der Waals surface area contributed by atoms with Crippen molar-refractivity contribution >= 4 is 34.8 Å². The molecule has 0 atom stereocenters. The van der Waals surface area contributed by atoms with E-state index in [1.54, 1.807) is 12.1 Å². The van der Waals surface area contributed by atoms with E-state index in [-0.39, 0.29) is 0 Å². The third-order valence-electron chi connectivity index (χ3n) is 2.54. The number of benzene rings is 2. The van der Waals surface area contributed by atoms with Crippen molar-refractivity contribution in [1.29, 1.82) is 0 Å². The van der Waals surface area contributed by atoms with Crippen molar-refractivity contribution in [2.24, 2.45) is 0 Å². The molecule has 0 aliphatic heterocycles. The Bertz CT molecular complexity index is 639. The van der Waals surface area contributed by atoms with Gasteiger partial charge in [-0.05, 0) is 42.0 Å². The third kappa shape index (κ3) is 4.35. The highest BCUT2D eigenvalue weighted by atomic mass is 35.5. The summed E-state index contributed by atoms with van der Waals surface area (Å²) >= 11 is 17.3. The van der Waals surface area contributed by atoms with E-state index in [2.05, 4.69) is 11.8 Å². The molecule has 0 aliphatic rings. The van der Waals surface area contributed by atoms with Crippen molar-refractivity contribution in [1.82, 2.24) is 0 Å². The number of halogens is 3. The topological polar surface area (TPSA) is 9.23 Å². The zero-order valence-electron chi connectivity index (χ0n) is 10.5. The van der Waals surface area contributed by atoms with E-state index >= 15 is 0 Å². The van der Waals surface area contributed by atoms with Crippen molar-refractivity contribution in [3.05, 3.63) is 63.6 Å². The molecule has 2 aromatic rings. The highest BCUT2D eigenvalue weighted by molar-refractivity contribution is 6.42. The Morgan fingerprint density at radius 1 is 0.950 bits per heavy atom. The normalized spacial score (nSPS) is 9.75. The van der Waals surface area contributed by atoms with Crippen LogP contribution in [0.15, 0.2) is 42.5 Å². The molecule has 20 heavy (non-hydrogen) atoms. The maximum absolute atomic E-state index is 5.95. The lowest BCUT2D eigenvalue weighted by Gasteiger charge is -2.07. The SMILES string of the molecule is ClCC#Cc1ccc(OCc2ccc(Cl)c(Cl)c2)cc1. The zero-order valence-corrected chi connectivity index (χ0v) is 12.8. The van der Waals surface area contributed by atoms with Crippen LogP contribution in [0.4, 0.5) is 0 Å². The molecule has 0 unspecified atom stereocenters. The van der Waals surface area contributed by atoms with E-state index in [9.17, 15) is 0 Å². The molecule has 0 aliphatic carbocycles. The van der Waals surface area contributed by atoms with Gasteiger partial charge in [0.05, 0.1) is 15.9 Å². The number of hydrogen-bond donors (Lipinski definition) is 0. The van der Waals surface area contributed by atoms with Crippen LogP contribution < -0.4 is 4.74 Å². The fourth-order valence-corrected chi connectivity index (χ4v) is 1.95. The van der Waals surface area contributed by atoms with E-state index < -0.39 is 0 Å². The lowest BCUT2D eigenvalue weighted by atomic mass is 10.2. The van der Waals surface area contributed by atoms with Crippen LogP contribution in [0.1, 0.15) is 11.1 Å². The van der Waals surface area contributed by atoms with E-state index in [0.717, 1.165) is 16.9 Å². The fourth-order valence-electron chi connectivity index (χ4n) is 1.57. The second-order valence-corrected chi connectivity index (χ2v) is 5.08. The molecule has 0 aromatic heterocycles. The van der Waals surface area contributed by atoms with E-state index in [1.807, 2.05) is 30.3 Å². The molecule has 0 fully saturated rings. The minimum absolute atomic E-state index is 0.329. The molecule has 0 radical (unpaired) electrons. The molecular formula is C16H11Cl3O. The third-order valence-corrected chi connectivity index (χ3v) is 3.42. The van der Waals surface area contributed by atoms with Crippen LogP contribution in [0, 0.1) is 11.8 Å². The maximum Gasteiger partial charge on any atom is 0.119 e. The Hall–Kier alpha value is -1.33. The van der Waals surface area contributed by atoms with Gasteiger partial charge in [0.25, 0.3) is 0 Å². The largest absolute Gasteiger partial charge is 0.489 e. The Balaban J connectivity index is 1.98. The van der Waals surface area contributed by atoms with Crippen molar-refractivity contribution in [2.75, 3.05) is 5.88 Å². The lowest BCUT2D eigenvalue weighted by Crippen LogP contribution is -1.95. The second kappa shape index (κ2) is 7.45. The summed E-state index contributed by atoms with van der Waals surface area (Å²) in [4.78, 5) is 0. The Kier molecular flexibility index (Phi) is 5.61. The summed E-state index contributed by atoms with van der Waals surface area (Å²) in [6.07, 6.45) is 0. The first-order valence-corrected chi connectivity index (χ1v) is 7.19. The molecule has 0 saturated heterocycles. The quantitative estimate of drug-likeness (QED) is 0.559. The minimum Gasteiger partial charge on any atom is -0.489 e. The summed E-state index contributed by atoms with van der Waals surface area (Å²) in [7, 11) is 0. The molecular weight excluding hydrogens is 315 g/mol. The molecule has 0 N–H and O–H groups in total. The Morgan fingerprint density at radius 3 is 2.35 bits per heavy atom. The average molecular weight is 326 g/mol. The zero-order chi connectivity index (χ0) is 14.4. The summed E-state index contributed by atoms with van der Waals surface area (Å²) in [6.45, 7) is 0.434. The summed E-state index contributed by atoms with van der Waals surface area (Å²) in [5.41, 5.74) is 1.87. The molecule has 0 heterocycles. The molecule has 1 nitrogen and oxygen atoms in total. The standard InChI is InChI=1S/C16H11Cl3O/c17-9-1-2-12-3-6-14(7-4-12)20-11-13-5-8-15(18)16(19)10-13/h3-8,10H,9,11H2. The monoisotopic (exact) mass is 324 g/mol. The molecule has 0 amide bonds. The predicted octanol–water partition coefficient (Wildman–Crippen LogP) is 5.16. The number of alkyl halides is 1. The van der Waals surface area contributed by atoms with Gasteiger partial charge in [-0.3, -0.25) is 0 Å². The van der Waals surface area contributed by atoms with Gasteiger partial charge < -0.3 is 4.74 Å². The van der Waals surface area contributed by atoms with Gasteiger partial charge in [-0.15, -0.1) is 11.6 Å². The van der Waals surface area contributed by atoms with Crippen LogP contribution in [0.5, 0.6) is 5.75 Å². The Labute approximate surface area is 133 Å². The van der Waals surface area contributed by atoms with E-state index in [0.29, 0.717) is 22.5 Å². The van der Waals surface area contributed by atoms with Gasteiger partial charge in [-0.25, -0.2) is 0 Å². The molecule has 2 rings (SSSR count). The summed E-state index contributed by atoms with van der Waals surface area (Å²) in [5, 5.41) is 1.07. The van der Waals surface area contributed by atoms with Crippen LogP contribution in [-0.4, -0.2) is 5.88 Å². The molecule has 4 heteroatoms. The second-order valence-electron chi connectivity index (χ2n) is 4.00. The van der Waals surface area contributed by atoms with E-state index in [4.69, 9.17) is 39.5 Å². The first-order valence-electron chi connectivity index (χ1n) is 5.90. The number of ether oxygens (including phenoxy) is 1. The fraction of sp³-hybridized carbons (Fsp3) is 0.125. The first kappa shape index (κ1) is 15.1. The first-order chi connectivity index (χ1) is 9.69. The molecule has 102 valence electrons. The van der Waals surface area contributed by atoms with Crippen LogP contribution >= 0.6 is 34.8 Å². The lowest BCUT2D eigenvalue weighted by molar-refractivity contribution is 0.306. The van der Waals surface area contributed by atoms with Gasteiger partial charge in [0, 0.05) is 5.56 Å². The van der Waals surface area contributed by atoms with Gasteiger partial charge in [0.2, 0.25) is 0 Å². The molecule has 0 bridgehead atoms. The maximum atomic E-state index is 5.95. The smallest absolute Gasteiger partial charge is 0.119 e. The van der Waals surface area contributed by atoms with Crippen LogP contribution in [-0.2, 0) is 6.61 Å². The molecule has 0 saturated carbocycles. The molecule has 2 aromatic carbocycles.